The first-order chi connectivity index (χ1) is 16.9. The van der Waals surface area contributed by atoms with Gasteiger partial charge in [0.25, 0.3) is 0 Å². The lowest BCUT2D eigenvalue weighted by Gasteiger charge is -2.22. The van der Waals surface area contributed by atoms with Gasteiger partial charge in [-0.05, 0) is 52.0 Å². The summed E-state index contributed by atoms with van der Waals surface area (Å²) in [6.45, 7) is 6.22. The van der Waals surface area contributed by atoms with Crippen LogP contribution in [0.4, 0.5) is 35.1 Å². The molecule has 0 N–H and O–H groups in total. The minimum atomic E-state index is -2.17. The van der Waals surface area contributed by atoms with Crippen molar-refractivity contribution < 1.29 is 44.6 Å². The highest BCUT2D eigenvalue weighted by atomic mass is 19.2. The van der Waals surface area contributed by atoms with E-state index in [0.717, 1.165) is 24.3 Å². The number of ether oxygens (including phenoxy) is 2. The molecule has 0 bridgehead atoms. The Labute approximate surface area is 200 Å². The summed E-state index contributed by atoms with van der Waals surface area (Å²) >= 11 is 0. The van der Waals surface area contributed by atoms with Gasteiger partial charge >= 0.3 is 0 Å². The van der Waals surface area contributed by atoms with Gasteiger partial charge in [0.15, 0.2) is 46.5 Å². The second kappa shape index (κ2) is 9.15. The predicted molar refractivity (Wildman–Crippen MR) is 118 cm³/mol. The molecule has 4 aromatic carbocycles. The van der Waals surface area contributed by atoms with E-state index in [1.54, 1.807) is 27.7 Å². The van der Waals surface area contributed by atoms with Gasteiger partial charge in [0.1, 0.15) is 11.5 Å². The molecule has 0 aliphatic rings. The third-order valence-electron chi connectivity index (χ3n) is 5.38. The van der Waals surface area contributed by atoms with Crippen molar-refractivity contribution >= 4 is 21.5 Å². The quantitative estimate of drug-likeness (QED) is 0.151. The molecule has 0 aromatic heterocycles. The number of hydrogen-bond donors (Lipinski definition) is 0. The largest absolute Gasteiger partial charge is 0.490 e. The van der Waals surface area contributed by atoms with Crippen molar-refractivity contribution in [1.82, 2.24) is 0 Å². The lowest BCUT2D eigenvalue weighted by Crippen LogP contribution is -2.11. The van der Waals surface area contributed by atoms with Crippen LogP contribution in [0.25, 0.3) is 32.7 Å². The molecule has 0 aliphatic carbocycles. The first-order valence-corrected chi connectivity index (χ1v) is 10.8. The molecule has 0 spiro atoms. The fourth-order valence-corrected chi connectivity index (χ4v) is 4.03. The Morgan fingerprint density at radius 3 is 1.06 bits per heavy atom. The average molecular weight is 514 g/mol. The lowest BCUT2D eigenvalue weighted by atomic mass is 9.90. The predicted octanol–water partition coefficient (Wildman–Crippen LogP) is 8.35. The Balaban J connectivity index is 2.36. The van der Waals surface area contributed by atoms with Crippen LogP contribution in [0.1, 0.15) is 27.7 Å². The van der Waals surface area contributed by atoms with Crippen molar-refractivity contribution in [1.29, 1.82) is 0 Å². The van der Waals surface area contributed by atoms with Crippen LogP contribution in [-0.4, -0.2) is 12.2 Å². The van der Waals surface area contributed by atoms with E-state index >= 15 is 8.78 Å². The molecule has 0 saturated carbocycles. The molecule has 4 rings (SSSR count). The number of benzene rings is 4. The van der Waals surface area contributed by atoms with E-state index in [0.29, 0.717) is 0 Å². The van der Waals surface area contributed by atoms with Gasteiger partial charge in [0.2, 0.25) is 0 Å². The molecule has 0 amide bonds. The van der Waals surface area contributed by atoms with Crippen molar-refractivity contribution in [3.05, 3.63) is 70.8 Å². The summed E-state index contributed by atoms with van der Waals surface area (Å²) < 4.78 is 128. The molecule has 0 heterocycles. The highest BCUT2D eigenvalue weighted by Gasteiger charge is 2.31. The molecule has 190 valence electrons. The maximum atomic E-state index is 15.2. The normalized spacial score (nSPS) is 11.8. The third kappa shape index (κ3) is 3.88. The number of rotatable bonds is 5. The second-order valence-electron chi connectivity index (χ2n) is 8.57. The maximum absolute atomic E-state index is 15.2. The molecule has 0 fully saturated rings. The number of hydrogen-bond acceptors (Lipinski definition) is 2. The fraction of sp³-hybridized carbons (Fsp3) is 0.231. The summed E-state index contributed by atoms with van der Waals surface area (Å²) in [7, 11) is 0. The standard InChI is InChI=1S/C26H18F8O2/c1-9(2)35-13-7-5-11-15(21(29)25(33)23(31)19(11)27)17(13)18-14(36-10(3)4)8-6-12-16(18)22(30)26(34)24(32)20(12)28/h5-10H,1-4H3. The lowest BCUT2D eigenvalue weighted by molar-refractivity contribution is 0.240. The van der Waals surface area contributed by atoms with Gasteiger partial charge < -0.3 is 9.47 Å². The van der Waals surface area contributed by atoms with Gasteiger partial charge in [-0.15, -0.1) is 0 Å². The number of halogens is 8. The zero-order valence-electron chi connectivity index (χ0n) is 19.3. The Kier molecular flexibility index (Phi) is 6.49. The molecular formula is C26H18F8O2. The van der Waals surface area contributed by atoms with E-state index in [4.69, 9.17) is 9.47 Å². The second-order valence-corrected chi connectivity index (χ2v) is 8.57. The van der Waals surface area contributed by atoms with Gasteiger partial charge in [0.05, 0.1) is 12.2 Å². The zero-order chi connectivity index (χ0) is 26.6. The third-order valence-corrected chi connectivity index (χ3v) is 5.38. The van der Waals surface area contributed by atoms with Crippen molar-refractivity contribution in [2.75, 3.05) is 0 Å². The van der Waals surface area contributed by atoms with Crippen molar-refractivity contribution in [2.24, 2.45) is 0 Å². The van der Waals surface area contributed by atoms with Crippen molar-refractivity contribution in [3.8, 4) is 22.6 Å². The minimum absolute atomic E-state index is 0.285. The molecule has 0 atom stereocenters. The molecule has 10 heteroatoms. The van der Waals surface area contributed by atoms with Crippen LogP contribution in [0.2, 0.25) is 0 Å². The Morgan fingerprint density at radius 2 is 0.750 bits per heavy atom. The summed E-state index contributed by atoms with van der Waals surface area (Å²) in [5.41, 5.74) is -1.14. The van der Waals surface area contributed by atoms with Crippen LogP contribution in [-0.2, 0) is 0 Å². The van der Waals surface area contributed by atoms with Gasteiger partial charge in [-0.1, -0.05) is 0 Å². The van der Waals surface area contributed by atoms with Crippen LogP contribution in [0, 0.1) is 46.5 Å². The molecule has 0 radical (unpaired) electrons. The van der Waals surface area contributed by atoms with E-state index in [9.17, 15) is 26.3 Å². The molecular weight excluding hydrogens is 496 g/mol. The monoisotopic (exact) mass is 514 g/mol. The molecule has 0 aliphatic heterocycles. The molecule has 36 heavy (non-hydrogen) atoms. The molecule has 0 unspecified atom stereocenters. The Bertz CT molecular complexity index is 1410. The Morgan fingerprint density at radius 1 is 0.444 bits per heavy atom. The zero-order valence-corrected chi connectivity index (χ0v) is 19.3. The van der Waals surface area contributed by atoms with E-state index in [-0.39, 0.29) is 11.5 Å². The average Bonchev–Trinajstić information content (AvgIpc) is 2.82. The maximum Gasteiger partial charge on any atom is 0.198 e. The first kappa shape index (κ1) is 25.5. The number of fused-ring (bicyclic) bond motifs is 2. The van der Waals surface area contributed by atoms with Gasteiger partial charge in [-0.3, -0.25) is 0 Å². The fourth-order valence-electron chi connectivity index (χ4n) is 4.03. The van der Waals surface area contributed by atoms with E-state index in [1.807, 2.05) is 0 Å². The molecule has 4 aromatic rings. The minimum Gasteiger partial charge on any atom is -0.490 e. The van der Waals surface area contributed by atoms with Crippen LogP contribution in [0.5, 0.6) is 11.5 Å². The SMILES string of the molecule is CC(C)Oc1ccc2c(F)c(F)c(F)c(F)c2c1-c1c(OC(C)C)ccc2c(F)c(F)c(F)c(F)c12. The smallest absolute Gasteiger partial charge is 0.198 e. The molecule has 0 saturated heterocycles. The van der Waals surface area contributed by atoms with Crippen LogP contribution < -0.4 is 9.47 Å². The van der Waals surface area contributed by atoms with Gasteiger partial charge in [-0.25, -0.2) is 35.1 Å². The van der Waals surface area contributed by atoms with Gasteiger partial charge in [-0.2, -0.15) is 0 Å². The van der Waals surface area contributed by atoms with Crippen LogP contribution in [0.15, 0.2) is 24.3 Å². The van der Waals surface area contributed by atoms with E-state index in [2.05, 4.69) is 0 Å². The topological polar surface area (TPSA) is 18.5 Å². The highest BCUT2D eigenvalue weighted by molar-refractivity contribution is 6.10. The van der Waals surface area contributed by atoms with Crippen molar-refractivity contribution in [3.63, 3.8) is 0 Å². The summed E-state index contributed by atoms with van der Waals surface area (Å²) in [6, 6.07) is 4.01. The summed E-state index contributed by atoms with van der Waals surface area (Å²) in [4.78, 5) is 0. The Hall–Kier alpha value is -3.56. The van der Waals surface area contributed by atoms with E-state index < -0.39 is 91.4 Å². The van der Waals surface area contributed by atoms with E-state index in [1.165, 1.54) is 0 Å². The van der Waals surface area contributed by atoms with Crippen LogP contribution >= 0.6 is 0 Å². The first-order valence-electron chi connectivity index (χ1n) is 10.8. The summed E-state index contributed by atoms with van der Waals surface area (Å²) in [5.74, 6) is -16.3. The molecule has 2 nitrogen and oxygen atoms in total. The van der Waals surface area contributed by atoms with Gasteiger partial charge in [0, 0.05) is 32.7 Å². The summed E-state index contributed by atoms with van der Waals surface area (Å²) in [6.07, 6.45) is -1.25. The highest BCUT2D eigenvalue weighted by Crippen LogP contribution is 2.49. The summed E-state index contributed by atoms with van der Waals surface area (Å²) in [5, 5.41) is -3.30. The van der Waals surface area contributed by atoms with Crippen LogP contribution in [0.3, 0.4) is 0 Å². The van der Waals surface area contributed by atoms with Crippen molar-refractivity contribution in [2.45, 2.75) is 39.9 Å².